The molecule has 0 aliphatic heterocycles. The number of benzene rings is 1. The lowest BCUT2D eigenvalue weighted by Gasteiger charge is -2.11. The van der Waals surface area contributed by atoms with Crippen LogP contribution in [0.25, 0.3) is 22.0 Å². The summed E-state index contributed by atoms with van der Waals surface area (Å²) in [4.78, 5) is 8.95. The van der Waals surface area contributed by atoms with Gasteiger partial charge in [0.2, 0.25) is 0 Å². The van der Waals surface area contributed by atoms with Crippen molar-refractivity contribution in [2.75, 3.05) is 19.5 Å². The Hall–Kier alpha value is -3.61. The van der Waals surface area contributed by atoms with Gasteiger partial charge in [-0.15, -0.1) is 0 Å². The van der Waals surface area contributed by atoms with Gasteiger partial charge in [-0.3, -0.25) is 9.67 Å². The van der Waals surface area contributed by atoms with E-state index < -0.39 is 0 Å². The average Bonchev–Trinajstić information content (AvgIpc) is 3.13. The molecule has 0 aliphatic carbocycles. The molecule has 0 spiro atoms. The summed E-state index contributed by atoms with van der Waals surface area (Å²) in [7, 11) is 5.14. The van der Waals surface area contributed by atoms with Gasteiger partial charge in [-0.1, -0.05) is 0 Å². The SMILES string of the molecule is COc1cc(Nc2cc3cc(-c4cnn(C)c4)cnc3cn2)cc(OC)c1. The number of hydrogen-bond donors (Lipinski definition) is 1. The fourth-order valence-electron chi connectivity index (χ4n) is 2.86. The zero-order chi connectivity index (χ0) is 18.8. The van der Waals surface area contributed by atoms with Crippen molar-refractivity contribution >= 4 is 22.4 Å². The number of hydrogen-bond acceptors (Lipinski definition) is 6. The number of nitrogens with zero attached hydrogens (tertiary/aromatic N) is 4. The van der Waals surface area contributed by atoms with E-state index in [-0.39, 0.29) is 0 Å². The standard InChI is InChI=1S/C20H19N5O2/c1-25-12-15(10-23-25)14-4-13-5-20(22-11-19(13)21-9-14)24-16-6-17(26-2)8-18(7-16)27-3/h4-12H,1-3H3,(H,22,24). The fraction of sp³-hybridized carbons (Fsp3) is 0.150. The molecule has 0 aliphatic rings. The Balaban J connectivity index is 1.68. The van der Waals surface area contributed by atoms with E-state index in [0.717, 1.165) is 27.7 Å². The van der Waals surface area contributed by atoms with Crippen LogP contribution in [0.3, 0.4) is 0 Å². The molecular formula is C20H19N5O2. The first-order valence-electron chi connectivity index (χ1n) is 8.39. The van der Waals surface area contributed by atoms with E-state index in [0.29, 0.717) is 17.3 Å². The predicted octanol–water partition coefficient (Wildman–Crippen LogP) is 3.79. The van der Waals surface area contributed by atoms with Crippen LogP contribution in [0.15, 0.2) is 55.1 Å². The van der Waals surface area contributed by atoms with Gasteiger partial charge in [-0.05, 0) is 12.1 Å². The maximum absolute atomic E-state index is 5.31. The number of fused-ring (bicyclic) bond motifs is 1. The minimum Gasteiger partial charge on any atom is -0.497 e. The van der Waals surface area contributed by atoms with E-state index in [1.807, 2.05) is 49.9 Å². The molecule has 0 unspecified atom stereocenters. The molecule has 4 rings (SSSR count). The van der Waals surface area contributed by atoms with E-state index in [1.165, 1.54) is 0 Å². The first-order valence-corrected chi connectivity index (χ1v) is 8.39. The Morgan fingerprint density at radius 2 is 1.63 bits per heavy atom. The fourth-order valence-corrected chi connectivity index (χ4v) is 2.86. The van der Waals surface area contributed by atoms with E-state index in [4.69, 9.17) is 9.47 Å². The van der Waals surface area contributed by atoms with Crippen molar-refractivity contribution in [3.8, 4) is 22.6 Å². The van der Waals surface area contributed by atoms with Crippen molar-refractivity contribution in [3.05, 3.63) is 55.1 Å². The molecule has 1 N–H and O–H groups in total. The second-order valence-electron chi connectivity index (χ2n) is 6.12. The lowest BCUT2D eigenvalue weighted by molar-refractivity contribution is 0.395. The first-order chi connectivity index (χ1) is 13.1. The van der Waals surface area contributed by atoms with Crippen LogP contribution in [-0.4, -0.2) is 34.0 Å². The van der Waals surface area contributed by atoms with Crippen LogP contribution < -0.4 is 14.8 Å². The number of aryl methyl sites for hydroxylation is 1. The van der Waals surface area contributed by atoms with Crippen LogP contribution >= 0.6 is 0 Å². The molecule has 0 saturated heterocycles. The summed E-state index contributed by atoms with van der Waals surface area (Å²) in [6.45, 7) is 0. The highest BCUT2D eigenvalue weighted by molar-refractivity contribution is 5.85. The molecule has 3 aromatic heterocycles. The summed E-state index contributed by atoms with van der Waals surface area (Å²) >= 11 is 0. The molecule has 27 heavy (non-hydrogen) atoms. The number of ether oxygens (including phenoxy) is 2. The van der Waals surface area contributed by atoms with E-state index in [1.54, 1.807) is 25.1 Å². The molecular weight excluding hydrogens is 342 g/mol. The van der Waals surface area contributed by atoms with Crippen molar-refractivity contribution in [1.29, 1.82) is 0 Å². The molecule has 0 atom stereocenters. The number of nitrogens with one attached hydrogen (secondary N) is 1. The molecule has 0 radical (unpaired) electrons. The van der Waals surface area contributed by atoms with Gasteiger partial charge in [0.05, 0.1) is 32.1 Å². The van der Waals surface area contributed by atoms with E-state index in [9.17, 15) is 0 Å². The third kappa shape index (κ3) is 3.52. The number of anilines is 2. The van der Waals surface area contributed by atoms with Gasteiger partial charge < -0.3 is 14.8 Å². The summed E-state index contributed by atoms with van der Waals surface area (Å²) in [5, 5.41) is 8.50. The van der Waals surface area contributed by atoms with Gasteiger partial charge >= 0.3 is 0 Å². The smallest absolute Gasteiger partial charge is 0.131 e. The topological polar surface area (TPSA) is 74.1 Å². The Morgan fingerprint density at radius 3 is 2.30 bits per heavy atom. The summed E-state index contributed by atoms with van der Waals surface area (Å²) in [6, 6.07) is 9.65. The van der Waals surface area contributed by atoms with Crippen molar-refractivity contribution in [2.24, 2.45) is 7.05 Å². The summed E-state index contributed by atoms with van der Waals surface area (Å²) < 4.78 is 12.4. The van der Waals surface area contributed by atoms with Crippen LogP contribution in [0.1, 0.15) is 0 Å². The number of methoxy groups -OCH3 is 2. The highest BCUT2D eigenvalue weighted by atomic mass is 16.5. The Morgan fingerprint density at radius 1 is 0.852 bits per heavy atom. The summed E-state index contributed by atoms with van der Waals surface area (Å²) in [5.41, 5.74) is 3.69. The molecule has 0 bridgehead atoms. The lowest BCUT2D eigenvalue weighted by atomic mass is 10.1. The Bertz CT molecular complexity index is 1080. The van der Waals surface area contributed by atoms with Gasteiger partial charge in [0, 0.05) is 59.8 Å². The maximum Gasteiger partial charge on any atom is 0.131 e. The highest BCUT2D eigenvalue weighted by Crippen LogP contribution is 2.29. The second-order valence-corrected chi connectivity index (χ2v) is 6.12. The van der Waals surface area contributed by atoms with Crippen molar-refractivity contribution in [3.63, 3.8) is 0 Å². The first kappa shape index (κ1) is 16.8. The average molecular weight is 361 g/mol. The van der Waals surface area contributed by atoms with E-state index in [2.05, 4.69) is 26.4 Å². The van der Waals surface area contributed by atoms with Crippen LogP contribution in [0.4, 0.5) is 11.5 Å². The van der Waals surface area contributed by atoms with Gasteiger partial charge in [0.15, 0.2) is 0 Å². The largest absolute Gasteiger partial charge is 0.497 e. The molecule has 0 amide bonds. The Labute approximate surface area is 156 Å². The number of rotatable bonds is 5. The quantitative estimate of drug-likeness (QED) is 0.583. The predicted molar refractivity (Wildman–Crippen MR) is 105 cm³/mol. The monoisotopic (exact) mass is 361 g/mol. The van der Waals surface area contributed by atoms with Gasteiger partial charge in [0.1, 0.15) is 17.3 Å². The van der Waals surface area contributed by atoms with E-state index >= 15 is 0 Å². The number of pyridine rings is 2. The molecule has 4 aromatic rings. The third-order valence-electron chi connectivity index (χ3n) is 4.23. The molecule has 7 heteroatoms. The highest BCUT2D eigenvalue weighted by Gasteiger charge is 2.07. The van der Waals surface area contributed by atoms with Crippen molar-refractivity contribution in [1.82, 2.24) is 19.7 Å². The molecule has 136 valence electrons. The second kappa shape index (κ2) is 6.95. The Kier molecular flexibility index (Phi) is 4.33. The normalized spacial score (nSPS) is 10.8. The minimum absolute atomic E-state index is 0.707. The van der Waals surface area contributed by atoms with Crippen molar-refractivity contribution < 1.29 is 9.47 Å². The van der Waals surface area contributed by atoms with Crippen LogP contribution in [0.2, 0.25) is 0 Å². The summed E-state index contributed by atoms with van der Waals surface area (Å²) in [6.07, 6.45) is 7.38. The zero-order valence-corrected chi connectivity index (χ0v) is 15.3. The molecule has 0 saturated carbocycles. The van der Waals surface area contributed by atoms with Crippen LogP contribution in [0.5, 0.6) is 11.5 Å². The summed E-state index contributed by atoms with van der Waals surface area (Å²) in [5.74, 6) is 2.12. The zero-order valence-electron chi connectivity index (χ0n) is 15.3. The van der Waals surface area contributed by atoms with Crippen LogP contribution in [-0.2, 0) is 7.05 Å². The van der Waals surface area contributed by atoms with Gasteiger partial charge in [-0.2, -0.15) is 5.10 Å². The van der Waals surface area contributed by atoms with Gasteiger partial charge in [-0.25, -0.2) is 4.98 Å². The third-order valence-corrected chi connectivity index (χ3v) is 4.23. The molecule has 1 aromatic carbocycles. The molecule has 7 nitrogen and oxygen atoms in total. The molecule has 0 fully saturated rings. The maximum atomic E-state index is 5.31. The molecule has 3 heterocycles. The van der Waals surface area contributed by atoms with Gasteiger partial charge in [0.25, 0.3) is 0 Å². The lowest BCUT2D eigenvalue weighted by Crippen LogP contribution is -1.96. The number of aromatic nitrogens is 4. The van der Waals surface area contributed by atoms with Crippen molar-refractivity contribution in [2.45, 2.75) is 0 Å². The minimum atomic E-state index is 0.707. The van der Waals surface area contributed by atoms with Crippen LogP contribution in [0, 0.1) is 0 Å².